The number of aromatic amines is 1. The van der Waals surface area contributed by atoms with E-state index in [0.29, 0.717) is 26.2 Å². The number of nitrogens with zero attached hydrogens (tertiary/aromatic N) is 1. The fraction of sp³-hybridized carbons (Fsp3) is 0. The Morgan fingerprint density at radius 2 is 2.00 bits per heavy atom. The number of halogens is 2. The first-order valence-electron chi connectivity index (χ1n) is 6.11. The van der Waals surface area contributed by atoms with Gasteiger partial charge in [-0.2, -0.15) is 5.26 Å². The van der Waals surface area contributed by atoms with Crippen LogP contribution in [0.1, 0.15) is 21.5 Å². The van der Waals surface area contributed by atoms with Crippen LogP contribution in [-0.2, 0) is 0 Å². The van der Waals surface area contributed by atoms with E-state index in [1.807, 2.05) is 0 Å². The van der Waals surface area contributed by atoms with Crippen LogP contribution in [0.4, 0.5) is 0 Å². The van der Waals surface area contributed by atoms with E-state index < -0.39 is 0 Å². The lowest BCUT2D eigenvalue weighted by Crippen LogP contribution is -2.01. The van der Waals surface area contributed by atoms with E-state index in [1.54, 1.807) is 42.6 Å². The molecule has 3 rings (SSSR count). The molecule has 5 heteroatoms. The van der Waals surface area contributed by atoms with Gasteiger partial charge in [0.1, 0.15) is 0 Å². The number of hydrogen-bond acceptors (Lipinski definition) is 2. The van der Waals surface area contributed by atoms with Gasteiger partial charge in [0.25, 0.3) is 0 Å². The van der Waals surface area contributed by atoms with E-state index in [2.05, 4.69) is 27.0 Å². The van der Waals surface area contributed by atoms with Gasteiger partial charge in [-0.15, -0.1) is 0 Å². The molecule has 0 spiro atoms. The van der Waals surface area contributed by atoms with Crippen LogP contribution in [0.15, 0.2) is 47.1 Å². The molecule has 1 heterocycles. The molecule has 0 aliphatic heterocycles. The molecule has 2 aromatic carbocycles. The molecular weight excluding hydrogens is 352 g/mol. The Balaban J connectivity index is 2.14. The molecule has 21 heavy (non-hydrogen) atoms. The fourth-order valence-electron chi connectivity index (χ4n) is 2.20. The zero-order valence-electron chi connectivity index (χ0n) is 10.7. The molecule has 0 fully saturated rings. The summed E-state index contributed by atoms with van der Waals surface area (Å²) >= 11 is 9.33. The number of ketones is 1. The average molecular weight is 360 g/mol. The van der Waals surface area contributed by atoms with Crippen molar-refractivity contribution >= 4 is 44.2 Å². The molecule has 0 amide bonds. The lowest BCUT2D eigenvalue weighted by atomic mass is 10.0. The van der Waals surface area contributed by atoms with Gasteiger partial charge in [0, 0.05) is 37.7 Å². The van der Waals surface area contributed by atoms with Crippen LogP contribution < -0.4 is 0 Å². The topological polar surface area (TPSA) is 56.6 Å². The highest BCUT2D eigenvalue weighted by molar-refractivity contribution is 9.10. The smallest absolute Gasteiger partial charge is 0.196 e. The summed E-state index contributed by atoms with van der Waals surface area (Å²) in [7, 11) is 0. The lowest BCUT2D eigenvalue weighted by molar-refractivity contribution is 0.103. The van der Waals surface area contributed by atoms with Gasteiger partial charge in [0.15, 0.2) is 5.78 Å². The van der Waals surface area contributed by atoms with E-state index >= 15 is 0 Å². The van der Waals surface area contributed by atoms with Crippen molar-refractivity contribution in [1.82, 2.24) is 4.98 Å². The molecule has 3 aromatic rings. The number of benzene rings is 2. The first-order chi connectivity index (χ1) is 10.1. The van der Waals surface area contributed by atoms with Crippen molar-refractivity contribution in [3.05, 3.63) is 68.8 Å². The summed E-state index contributed by atoms with van der Waals surface area (Å²) < 4.78 is 0.694. The van der Waals surface area contributed by atoms with Crippen LogP contribution in [0.5, 0.6) is 0 Å². The Kier molecular flexibility index (Phi) is 3.54. The summed E-state index contributed by atoms with van der Waals surface area (Å²) in [5.74, 6) is -0.125. The van der Waals surface area contributed by atoms with Crippen LogP contribution in [0.2, 0.25) is 5.02 Å². The van der Waals surface area contributed by atoms with E-state index in [9.17, 15) is 4.79 Å². The van der Waals surface area contributed by atoms with Crippen molar-refractivity contribution in [1.29, 1.82) is 5.26 Å². The second-order valence-corrected chi connectivity index (χ2v) is 5.82. The SMILES string of the molecule is N#Cc1ccc2c(C(=O)c3cc(Cl)ccc3Br)c[nH]c2c1. The quantitative estimate of drug-likeness (QED) is 0.675. The first kappa shape index (κ1) is 13.9. The fourth-order valence-corrected chi connectivity index (χ4v) is 2.80. The third-order valence-electron chi connectivity index (χ3n) is 3.23. The maximum Gasteiger partial charge on any atom is 0.196 e. The van der Waals surface area contributed by atoms with Crippen molar-refractivity contribution < 1.29 is 4.79 Å². The van der Waals surface area contributed by atoms with Crippen molar-refractivity contribution in [2.24, 2.45) is 0 Å². The van der Waals surface area contributed by atoms with Crippen molar-refractivity contribution in [3.8, 4) is 6.07 Å². The van der Waals surface area contributed by atoms with Gasteiger partial charge in [0.05, 0.1) is 11.6 Å². The van der Waals surface area contributed by atoms with Gasteiger partial charge in [-0.3, -0.25) is 4.79 Å². The number of nitriles is 1. The molecule has 0 bridgehead atoms. The highest BCUT2D eigenvalue weighted by Gasteiger charge is 2.17. The molecule has 1 aromatic heterocycles. The minimum Gasteiger partial charge on any atom is -0.360 e. The number of H-pyrrole nitrogens is 1. The van der Waals surface area contributed by atoms with E-state index in [-0.39, 0.29) is 5.78 Å². The highest BCUT2D eigenvalue weighted by Crippen LogP contribution is 2.27. The molecule has 0 aliphatic carbocycles. The van der Waals surface area contributed by atoms with E-state index in [1.165, 1.54) is 0 Å². The molecule has 102 valence electrons. The Labute approximate surface area is 134 Å². The third kappa shape index (κ3) is 2.46. The predicted molar refractivity (Wildman–Crippen MR) is 85.6 cm³/mol. The second-order valence-electron chi connectivity index (χ2n) is 4.53. The largest absolute Gasteiger partial charge is 0.360 e. The van der Waals surface area contributed by atoms with Crippen LogP contribution in [0, 0.1) is 11.3 Å². The molecule has 0 saturated carbocycles. The minimum absolute atomic E-state index is 0.125. The average Bonchev–Trinajstić information content (AvgIpc) is 2.91. The monoisotopic (exact) mass is 358 g/mol. The molecule has 0 unspecified atom stereocenters. The van der Waals surface area contributed by atoms with Crippen LogP contribution in [0.25, 0.3) is 10.9 Å². The Morgan fingerprint density at radius 3 is 2.76 bits per heavy atom. The van der Waals surface area contributed by atoms with Gasteiger partial charge in [-0.1, -0.05) is 33.6 Å². The minimum atomic E-state index is -0.125. The van der Waals surface area contributed by atoms with E-state index in [0.717, 1.165) is 10.9 Å². The predicted octanol–water partition coefficient (Wildman–Crippen LogP) is 4.69. The number of rotatable bonds is 2. The Bertz CT molecular complexity index is 908. The maximum atomic E-state index is 12.7. The second kappa shape index (κ2) is 5.36. The summed E-state index contributed by atoms with van der Waals surface area (Å²) in [6.07, 6.45) is 1.65. The molecule has 0 atom stereocenters. The highest BCUT2D eigenvalue weighted by atomic mass is 79.9. The van der Waals surface area contributed by atoms with E-state index in [4.69, 9.17) is 16.9 Å². The zero-order chi connectivity index (χ0) is 15.0. The van der Waals surface area contributed by atoms with Crippen LogP contribution in [-0.4, -0.2) is 10.8 Å². The van der Waals surface area contributed by atoms with Crippen molar-refractivity contribution in [3.63, 3.8) is 0 Å². The number of aromatic nitrogens is 1. The zero-order valence-corrected chi connectivity index (χ0v) is 13.0. The summed E-state index contributed by atoms with van der Waals surface area (Å²) in [5.41, 5.74) is 2.37. The summed E-state index contributed by atoms with van der Waals surface area (Å²) in [6, 6.07) is 12.4. The van der Waals surface area contributed by atoms with Crippen LogP contribution >= 0.6 is 27.5 Å². The lowest BCUT2D eigenvalue weighted by Gasteiger charge is -2.03. The van der Waals surface area contributed by atoms with Gasteiger partial charge in [-0.25, -0.2) is 0 Å². The standard InChI is InChI=1S/C16H8BrClN2O/c17-14-4-2-10(18)6-12(14)16(21)13-8-20-15-5-9(7-19)1-3-11(13)15/h1-6,8,20H. The third-order valence-corrected chi connectivity index (χ3v) is 4.16. The maximum absolute atomic E-state index is 12.7. The molecule has 0 radical (unpaired) electrons. The Morgan fingerprint density at radius 1 is 1.19 bits per heavy atom. The first-order valence-corrected chi connectivity index (χ1v) is 7.28. The summed E-state index contributed by atoms with van der Waals surface area (Å²) in [4.78, 5) is 15.7. The van der Waals surface area contributed by atoms with Gasteiger partial charge in [-0.05, 0) is 30.3 Å². The number of fused-ring (bicyclic) bond motifs is 1. The summed E-state index contributed by atoms with van der Waals surface area (Å²) in [6.45, 7) is 0. The summed E-state index contributed by atoms with van der Waals surface area (Å²) in [5, 5.41) is 10.2. The molecule has 3 nitrogen and oxygen atoms in total. The van der Waals surface area contributed by atoms with Gasteiger partial charge < -0.3 is 4.98 Å². The van der Waals surface area contributed by atoms with Gasteiger partial charge >= 0.3 is 0 Å². The normalized spacial score (nSPS) is 10.5. The number of nitrogens with one attached hydrogen (secondary N) is 1. The molecule has 1 N–H and O–H groups in total. The van der Waals surface area contributed by atoms with Crippen LogP contribution in [0.3, 0.4) is 0 Å². The molecule has 0 saturated heterocycles. The number of carbonyl (C=O) groups is 1. The number of hydrogen-bond donors (Lipinski definition) is 1. The molecular formula is C16H8BrClN2O. The Hall–Kier alpha value is -2.09. The van der Waals surface area contributed by atoms with Gasteiger partial charge in [0.2, 0.25) is 0 Å². The molecule has 0 aliphatic rings. The van der Waals surface area contributed by atoms with Crippen molar-refractivity contribution in [2.45, 2.75) is 0 Å². The number of carbonyl (C=O) groups excluding carboxylic acids is 1. The van der Waals surface area contributed by atoms with Crippen molar-refractivity contribution in [2.75, 3.05) is 0 Å².